The fourth-order valence-electron chi connectivity index (χ4n) is 1.66. The summed E-state index contributed by atoms with van der Waals surface area (Å²) in [4.78, 5) is 11.5. The van der Waals surface area contributed by atoms with Gasteiger partial charge in [-0.25, -0.2) is 0 Å². The summed E-state index contributed by atoms with van der Waals surface area (Å²) in [7, 11) is 0. The molecule has 2 N–H and O–H groups in total. The van der Waals surface area contributed by atoms with Crippen molar-refractivity contribution in [3.8, 4) is 0 Å². The van der Waals surface area contributed by atoms with Gasteiger partial charge in [0.1, 0.15) is 5.60 Å². The van der Waals surface area contributed by atoms with E-state index in [-0.39, 0.29) is 18.4 Å². The molecular weight excluding hydrogens is 238 g/mol. The molecule has 1 aromatic carbocycles. The van der Waals surface area contributed by atoms with Crippen molar-refractivity contribution in [2.45, 2.75) is 25.4 Å². The van der Waals surface area contributed by atoms with Gasteiger partial charge in [-0.15, -0.1) is 0 Å². The number of amides is 1. The quantitative estimate of drug-likeness (QED) is 0.863. The second kappa shape index (κ2) is 4.67. The van der Waals surface area contributed by atoms with E-state index in [0.717, 1.165) is 18.4 Å². The van der Waals surface area contributed by atoms with Crippen LogP contribution in [0.5, 0.6) is 0 Å². The molecule has 0 heterocycles. The van der Waals surface area contributed by atoms with Crippen molar-refractivity contribution >= 4 is 17.5 Å². The zero-order chi connectivity index (χ0) is 12.5. The maximum absolute atomic E-state index is 11.5. The highest BCUT2D eigenvalue weighted by molar-refractivity contribution is 6.30. The predicted molar refractivity (Wildman–Crippen MR) is 66.8 cm³/mol. The molecule has 0 bridgehead atoms. The summed E-state index contributed by atoms with van der Waals surface area (Å²) < 4.78 is 0. The lowest BCUT2D eigenvalue weighted by Crippen LogP contribution is -2.39. The molecule has 1 saturated carbocycles. The lowest BCUT2D eigenvalue weighted by atomic mass is 9.96. The average Bonchev–Trinajstić information content (AvgIpc) is 3.10. The Hall–Kier alpha value is -1.06. The van der Waals surface area contributed by atoms with E-state index in [0.29, 0.717) is 5.02 Å². The lowest BCUT2D eigenvalue weighted by Gasteiger charge is -2.24. The highest BCUT2D eigenvalue weighted by Gasteiger charge is 2.31. The van der Waals surface area contributed by atoms with Gasteiger partial charge in [-0.1, -0.05) is 23.7 Å². The Bertz CT molecular complexity index is 410. The molecular formula is C13H16ClNO2. The highest BCUT2D eigenvalue weighted by atomic mass is 35.5. The molecule has 92 valence electrons. The molecule has 0 spiro atoms. The summed E-state index contributed by atoms with van der Waals surface area (Å²) in [6.07, 6.45) is 1.93. The van der Waals surface area contributed by atoms with Gasteiger partial charge in [0.25, 0.3) is 0 Å². The molecule has 1 unspecified atom stereocenters. The molecule has 1 aliphatic rings. The van der Waals surface area contributed by atoms with Gasteiger partial charge in [0, 0.05) is 10.9 Å². The van der Waals surface area contributed by atoms with Crippen LogP contribution in [0.4, 0.5) is 0 Å². The molecule has 1 amide bonds. The minimum Gasteiger partial charge on any atom is -0.384 e. The van der Waals surface area contributed by atoms with E-state index in [1.165, 1.54) is 0 Å². The minimum atomic E-state index is -1.06. The van der Waals surface area contributed by atoms with Crippen molar-refractivity contribution in [1.29, 1.82) is 0 Å². The normalized spacial score (nSPS) is 18.5. The van der Waals surface area contributed by atoms with Crippen molar-refractivity contribution in [3.05, 3.63) is 34.9 Å². The van der Waals surface area contributed by atoms with Crippen molar-refractivity contribution in [1.82, 2.24) is 5.32 Å². The van der Waals surface area contributed by atoms with Crippen LogP contribution in [0.25, 0.3) is 0 Å². The van der Waals surface area contributed by atoms with Crippen LogP contribution in [0.15, 0.2) is 24.3 Å². The maximum Gasteiger partial charge on any atom is 0.223 e. The number of carbonyl (C=O) groups is 1. The number of hydrogen-bond donors (Lipinski definition) is 2. The minimum absolute atomic E-state index is 0.0410. The Balaban J connectivity index is 1.97. The second-order valence-corrected chi connectivity index (χ2v) is 5.21. The number of carbonyl (C=O) groups excluding carboxylic acids is 1. The average molecular weight is 254 g/mol. The van der Waals surface area contributed by atoms with Crippen LogP contribution in [0.2, 0.25) is 5.02 Å². The van der Waals surface area contributed by atoms with Crippen LogP contribution in [0, 0.1) is 5.92 Å². The van der Waals surface area contributed by atoms with Crippen LogP contribution in [-0.4, -0.2) is 17.6 Å². The first-order chi connectivity index (χ1) is 7.99. The molecule has 1 atom stereocenters. The number of benzene rings is 1. The van der Waals surface area contributed by atoms with Gasteiger partial charge in [0.2, 0.25) is 5.91 Å². The molecule has 4 heteroatoms. The number of halogens is 1. The molecule has 3 nitrogen and oxygen atoms in total. The third-order valence-corrected chi connectivity index (χ3v) is 3.27. The SMILES string of the molecule is CC(O)(CNC(=O)C1CC1)c1ccc(Cl)cc1. The summed E-state index contributed by atoms with van der Waals surface area (Å²) in [5, 5.41) is 13.7. The van der Waals surface area contributed by atoms with Gasteiger partial charge < -0.3 is 10.4 Å². The molecule has 0 aromatic heterocycles. The molecule has 1 aromatic rings. The molecule has 1 aliphatic carbocycles. The van der Waals surface area contributed by atoms with Gasteiger partial charge in [-0.2, -0.15) is 0 Å². The van der Waals surface area contributed by atoms with Gasteiger partial charge in [0.05, 0.1) is 6.54 Å². The van der Waals surface area contributed by atoms with Gasteiger partial charge in [-0.3, -0.25) is 4.79 Å². The van der Waals surface area contributed by atoms with E-state index in [1.54, 1.807) is 31.2 Å². The van der Waals surface area contributed by atoms with Crippen molar-refractivity contribution in [2.75, 3.05) is 6.54 Å². The van der Waals surface area contributed by atoms with E-state index in [2.05, 4.69) is 5.32 Å². The van der Waals surface area contributed by atoms with Crippen LogP contribution < -0.4 is 5.32 Å². The number of nitrogens with one attached hydrogen (secondary N) is 1. The van der Waals surface area contributed by atoms with Crippen LogP contribution in [-0.2, 0) is 10.4 Å². The molecule has 0 aliphatic heterocycles. The topological polar surface area (TPSA) is 49.3 Å². The number of hydrogen-bond acceptors (Lipinski definition) is 2. The second-order valence-electron chi connectivity index (χ2n) is 4.77. The smallest absolute Gasteiger partial charge is 0.223 e. The van der Waals surface area contributed by atoms with E-state index >= 15 is 0 Å². The molecule has 0 radical (unpaired) electrons. The first-order valence-electron chi connectivity index (χ1n) is 5.75. The van der Waals surface area contributed by atoms with Crippen molar-refractivity contribution < 1.29 is 9.90 Å². The van der Waals surface area contributed by atoms with E-state index in [9.17, 15) is 9.90 Å². The number of rotatable bonds is 4. The third kappa shape index (κ3) is 3.20. The molecule has 0 saturated heterocycles. The van der Waals surface area contributed by atoms with Gasteiger partial charge in [-0.05, 0) is 37.5 Å². The summed E-state index contributed by atoms with van der Waals surface area (Å²) in [6.45, 7) is 1.91. The Morgan fingerprint density at radius 3 is 2.59 bits per heavy atom. The van der Waals surface area contributed by atoms with Crippen LogP contribution in [0.3, 0.4) is 0 Å². The largest absolute Gasteiger partial charge is 0.384 e. The summed E-state index contributed by atoms with van der Waals surface area (Å²) >= 11 is 5.79. The Kier molecular flexibility index (Phi) is 3.40. The molecule has 17 heavy (non-hydrogen) atoms. The molecule has 1 fully saturated rings. The summed E-state index contributed by atoms with van der Waals surface area (Å²) in [5.41, 5.74) is -0.312. The lowest BCUT2D eigenvalue weighted by molar-refractivity contribution is -0.123. The van der Waals surface area contributed by atoms with Gasteiger partial charge in [0.15, 0.2) is 0 Å². The van der Waals surface area contributed by atoms with Crippen molar-refractivity contribution in [3.63, 3.8) is 0 Å². The fraction of sp³-hybridized carbons (Fsp3) is 0.462. The third-order valence-electron chi connectivity index (χ3n) is 3.02. The Labute approximate surface area is 106 Å². The fourth-order valence-corrected chi connectivity index (χ4v) is 1.79. The zero-order valence-electron chi connectivity index (χ0n) is 9.74. The van der Waals surface area contributed by atoms with E-state index in [4.69, 9.17) is 11.6 Å². The number of aliphatic hydroxyl groups is 1. The van der Waals surface area contributed by atoms with Gasteiger partial charge >= 0.3 is 0 Å². The highest BCUT2D eigenvalue weighted by Crippen LogP contribution is 2.29. The molecule has 2 rings (SSSR count). The van der Waals surface area contributed by atoms with Crippen molar-refractivity contribution in [2.24, 2.45) is 5.92 Å². The zero-order valence-corrected chi connectivity index (χ0v) is 10.5. The summed E-state index contributed by atoms with van der Waals surface area (Å²) in [5.74, 6) is 0.204. The van der Waals surface area contributed by atoms with E-state index < -0.39 is 5.60 Å². The van der Waals surface area contributed by atoms with Crippen LogP contribution in [0.1, 0.15) is 25.3 Å². The first kappa shape index (κ1) is 12.4. The Morgan fingerprint density at radius 2 is 2.06 bits per heavy atom. The first-order valence-corrected chi connectivity index (χ1v) is 6.13. The summed E-state index contributed by atoms with van der Waals surface area (Å²) in [6, 6.07) is 7.00. The maximum atomic E-state index is 11.5. The monoisotopic (exact) mass is 253 g/mol. The Morgan fingerprint density at radius 1 is 1.47 bits per heavy atom. The van der Waals surface area contributed by atoms with Crippen LogP contribution >= 0.6 is 11.6 Å². The van der Waals surface area contributed by atoms with E-state index in [1.807, 2.05) is 0 Å². The predicted octanol–water partition coefficient (Wildman–Crippen LogP) is 2.07. The standard InChI is InChI=1S/C13H16ClNO2/c1-13(17,8-15-12(16)9-2-3-9)10-4-6-11(14)7-5-10/h4-7,9,17H,2-3,8H2,1H3,(H,15,16).